The fourth-order valence-corrected chi connectivity index (χ4v) is 4.53. The maximum absolute atomic E-state index is 12.9. The molecule has 0 aromatic heterocycles. The van der Waals surface area contributed by atoms with Crippen molar-refractivity contribution in [3.63, 3.8) is 0 Å². The number of benzene rings is 5. The minimum absolute atomic E-state index is 0.423. The quantitative estimate of drug-likeness (QED) is 0.244. The highest BCUT2D eigenvalue weighted by atomic mass is 16.2. The molecule has 0 unspecified atom stereocenters. The molecule has 0 bridgehead atoms. The summed E-state index contributed by atoms with van der Waals surface area (Å²) in [7, 11) is 0. The van der Waals surface area contributed by atoms with Crippen molar-refractivity contribution in [2.45, 2.75) is 0 Å². The van der Waals surface area contributed by atoms with E-state index in [0.717, 1.165) is 43.4 Å². The smallest absolute Gasteiger partial charge is 0.234 e. The molecule has 130 valence electrons. The normalized spacial score (nSPS) is 13.1. The van der Waals surface area contributed by atoms with E-state index >= 15 is 0 Å². The summed E-state index contributed by atoms with van der Waals surface area (Å²) in [5, 5.41) is 6.68. The minimum Gasteiger partial charge on any atom is -0.285 e. The molecule has 6 rings (SSSR count). The van der Waals surface area contributed by atoms with E-state index in [-0.39, 0.29) is 0 Å². The van der Waals surface area contributed by atoms with E-state index < -0.39 is 11.6 Å². The van der Waals surface area contributed by atoms with Crippen molar-refractivity contribution in [1.29, 1.82) is 0 Å². The van der Waals surface area contributed by atoms with Crippen LogP contribution in [0.2, 0.25) is 0 Å². The van der Waals surface area contributed by atoms with E-state index in [4.69, 9.17) is 0 Å². The van der Waals surface area contributed by atoms with Crippen LogP contribution in [0.3, 0.4) is 0 Å². The van der Waals surface area contributed by atoms with Crippen molar-refractivity contribution in [2.24, 2.45) is 0 Å². The van der Waals surface area contributed by atoms with Gasteiger partial charge in [0.15, 0.2) is 0 Å². The van der Waals surface area contributed by atoms with Crippen LogP contribution < -0.4 is 0 Å². The van der Waals surface area contributed by atoms with Crippen LogP contribution in [0.1, 0.15) is 20.7 Å². The number of carbonyl (C=O) groups is 2. The predicted octanol–water partition coefficient (Wildman–Crippen LogP) is 6.19. The molecular formula is C26H14O2. The van der Waals surface area contributed by atoms with Crippen LogP contribution in [0, 0.1) is 0 Å². The van der Waals surface area contributed by atoms with Crippen LogP contribution in [0.5, 0.6) is 0 Å². The average molecular weight is 358 g/mol. The summed E-state index contributed by atoms with van der Waals surface area (Å²) in [6, 6.07) is 28.0. The summed E-state index contributed by atoms with van der Waals surface area (Å²) in [5.74, 6) is -0.847. The van der Waals surface area contributed by atoms with Crippen LogP contribution in [-0.2, 0) is 0 Å². The zero-order chi connectivity index (χ0) is 18.8. The van der Waals surface area contributed by atoms with E-state index in [1.165, 1.54) is 0 Å². The number of rotatable bonds is 0. The third kappa shape index (κ3) is 1.87. The second-order valence-electron chi connectivity index (χ2n) is 7.24. The minimum atomic E-state index is -0.424. The average Bonchev–Trinajstić information content (AvgIpc) is 2.76. The molecule has 0 saturated heterocycles. The summed E-state index contributed by atoms with van der Waals surface area (Å²) in [4.78, 5) is 25.5. The fraction of sp³-hybridized carbons (Fsp3) is 0. The molecule has 0 spiro atoms. The van der Waals surface area contributed by atoms with Gasteiger partial charge in [0.05, 0.1) is 0 Å². The Morgan fingerprint density at radius 2 is 1.00 bits per heavy atom. The first-order valence-corrected chi connectivity index (χ1v) is 9.29. The highest BCUT2D eigenvalue weighted by Gasteiger charge is 2.31. The predicted molar refractivity (Wildman–Crippen MR) is 113 cm³/mol. The van der Waals surface area contributed by atoms with Gasteiger partial charge in [-0.25, -0.2) is 0 Å². The number of Topliss-reactive ketones (excluding diaryl/α,β-unsaturated/α-hetero) is 2. The van der Waals surface area contributed by atoms with Crippen LogP contribution in [0.4, 0.5) is 0 Å². The van der Waals surface area contributed by atoms with Gasteiger partial charge in [0.25, 0.3) is 0 Å². The van der Waals surface area contributed by atoms with Gasteiger partial charge in [-0.2, -0.15) is 0 Å². The zero-order valence-corrected chi connectivity index (χ0v) is 14.9. The monoisotopic (exact) mass is 358 g/mol. The largest absolute Gasteiger partial charge is 0.285 e. The Bertz CT molecular complexity index is 1490. The molecule has 0 amide bonds. The number of hydrogen-bond donors (Lipinski definition) is 0. The van der Waals surface area contributed by atoms with E-state index in [2.05, 4.69) is 36.4 Å². The molecule has 1 aliphatic carbocycles. The molecule has 2 nitrogen and oxygen atoms in total. The Morgan fingerprint density at radius 3 is 1.82 bits per heavy atom. The van der Waals surface area contributed by atoms with Crippen molar-refractivity contribution in [3.8, 4) is 11.1 Å². The number of fused-ring (bicyclic) bond motifs is 9. The Labute approximate surface area is 161 Å². The topological polar surface area (TPSA) is 34.1 Å². The molecule has 0 N–H and O–H groups in total. The second kappa shape index (κ2) is 5.37. The molecule has 0 aliphatic heterocycles. The first-order chi connectivity index (χ1) is 13.7. The highest BCUT2D eigenvalue weighted by Crippen LogP contribution is 2.43. The number of hydrogen-bond acceptors (Lipinski definition) is 2. The summed E-state index contributed by atoms with van der Waals surface area (Å²) in [6.07, 6.45) is 0. The van der Waals surface area contributed by atoms with Crippen molar-refractivity contribution in [2.75, 3.05) is 0 Å². The summed E-state index contributed by atoms with van der Waals surface area (Å²) in [6.45, 7) is 0. The van der Waals surface area contributed by atoms with Crippen LogP contribution in [-0.4, -0.2) is 11.6 Å². The SMILES string of the molecule is O=C1C(=O)c2ccc3ccc4ccc5ccccc5c4c3c2-c2ccccc21. The molecule has 2 heteroatoms. The van der Waals surface area contributed by atoms with Gasteiger partial charge >= 0.3 is 0 Å². The number of ketones is 2. The highest BCUT2D eigenvalue weighted by molar-refractivity contribution is 6.54. The van der Waals surface area contributed by atoms with Gasteiger partial charge in [0, 0.05) is 16.7 Å². The molecule has 5 aromatic carbocycles. The number of carbonyl (C=O) groups excluding carboxylic acids is 2. The van der Waals surface area contributed by atoms with E-state index in [9.17, 15) is 9.59 Å². The van der Waals surface area contributed by atoms with Crippen molar-refractivity contribution < 1.29 is 9.59 Å². The lowest BCUT2D eigenvalue weighted by molar-refractivity contribution is 0.0815. The third-order valence-electron chi connectivity index (χ3n) is 5.78. The maximum Gasteiger partial charge on any atom is 0.234 e. The van der Waals surface area contributed by atoms with Gasteiger partial charge in [-0.15, -0.1) is 0 Å². The van der Waals surface area contributed by atoms with Gasteiger partial charge in [-0.05, 0) is 43.9 Å². The molecule has 0 saturated carbocycles. The van der Waals surface area contributed by atoms with Crippen molar-refractivity contribution in [3.05, 3.63) is 96.1 Å². The first-order valence-electron chi connectivity index (χ1n) is 9.29. The lowest BCUT2D eigenvalue weighted by Gasteiger charge is -2.21. The third-order valence-corrected chi connectivity index (χ3v) is 5.78. The molecular weight excluding hydrogens is 344 g/mol. The molecule has 0 heterocycles. The van der Waals surface area contributed by atoms with Crippen LogP contribution in [0.25, 0.3) is 43.4 Å². The molecule has 0 radical (unpaired) electrons. The van der Waals surface area contributed by atoms with E-state index in [1.54, 1.807) is 12.1 Å². The maximum atomic E-state index is 12.9. The summed E-state index contributed by atoms with van der Waals surface area (Å²) in [5.41, 5.74) is 2.70. The Kier molecular flexibility index (Phi) is 2.93. The van der Waals surface area contributed by atoms with Gasteiger partial charge in [0.1, 0.15) is 0 Å². The fourth-order valence-electron chi connectivity index (χ4n) is 4.53. The molecule has 0 fully saturated rings. The summed E-state index contributed by atoms with van der Waals surface area (Å²) >= 11 is 0. The second-order valence-corrected chi connectivity index (χ2v) is 7.24. The molecule has 1 aliphatic rings. The Hall–Kier alpha value is -3.78. The first kappa shape index (κ1) is 15.3. The summed E-state index contributed by atoms with van der Waals surface area (Å²) < 4.78 is 0. The zero-order valence-electron chi connectivity index (χ0n) is 14.9. The van der Waals surface area contributed by atoms with Gasteiger partial charge in [-0.1, -0.05) is 78.9 Å². The van der Waals surface area contributed by atoms with Crippen LogP contribution >= 0.6 is 0 Å². The van der Waals surface area contributed by atoms with Crippen molar-refractivity contribution in [1.82, 2.24) is 0 Å². The van der Waals surface area contributed by atoms with Gasteiger partial charge in [0.2, 0.25) is 11.6 Å². The molecule has 28 heavy (non-hydrogen) atoms. The van der Waals surface area contributed by atoms with Gasteiger partial charge in [-0.3, -0.25) is 9.59 Å². The van der Waals surface area contributed by atoms with Crippen molar-refractivity contribution >= 4 is 43.9 Å². The standard InChI is InChI=1S/C26H14O2/c27-25-20-8-4-3-7-19(20)24-21(26(25)28)14-13-17-12-11-16-10-9-15-5-1-2-6-18(15)22(16)23(17)24/h1-14H. The lowest BCUT2D eigenvalue weighted by Crippen LogP contribution is -2.21. The molecule has 5 aromatic rings. The molecule has 0 atom stereocenters. The van der Waals surface area contributed by atoms with Gasteiger partial charge < -0.3 is 0 Å². The van der Waals surface area contributed by atoms with E-state index in [1.807, 2.05) is 36.4 Å². The van der Waals surface area contributed by atoms with E-state index in [0.29, 0.717) is 11.1 Å². The Morgan fingerprint density at radius 1 is 0.429 bits per heavy atom. The lowest BCUT2D eigenvalue weighted by atomic mass is 9.80. The Balaban J connectivity index is 1.93. The van der Waals surface area contributed by atoms with Crippen LogP contribution in [0.15, 0.2) is 84.9 Å².